The molecule has 0 atom stereocenters. The van der Waals surface area contributed by atoms with E-state index in [1.807, 2.05) is 24.3 Å². The van der Waals surface area contributed by atoms with Crippen LogP contribution >= 0.6 is 0 Å². The Balaban J connectivity index is 1.40. The molecule has 138 valence electrons. The number of hydrogen-bond donors (Lipinski definition) is 2. The summed E-state index contributed by atoms with van der Waals surface area (Å²) in [5.74, 6) is 2.61. The lowest BCUT2D eigenvalue weighted by Gasteiger charge is -2.13. The Morgan fingerprint density at radius 1 is 1.15 bits per heavy atom. The summed E-state index contributed by atoms with van der Waals surface area (Å²) < 4.78 is 29.6. The van der Waals surface area contributed by atoms with Gasteiger partial charge in [0.25, 0.3) is 0 Å². The number of hydrogen-bond acceptors (Lipinski definition) is 4. The maximum absolute atomic E-state index is 13.3. The minimum absolute atomic E-state index is 0.197. The van der Waals surface area contributed by atoms with Crippen molar-refractivity contribution in [2.24, 2.45) is 4.99 Å². The fraction of sp³-hybridized carbons (Fsp3) is 0.316. The van der Waals surface area contributed by atoms with E-state index in [0.717, 1.165) is 17.1 Å². The maximum atomic E-state index is 13.3. The topological polar surface area (TPSA) is 64.1 Å². The Hall–Kier alpha value is -2.96. The smallest absolute Gasteiger partial charge is 0.231 e. The van der Waals surface area contributed by atoms with Crippen molar-refractivity contribution in [2.45, 2.75) is 13.5 Å². The molecular formula is C19H22FN3O3. The predicted octanol–water partition coefficient (Wildman–Crippen LogP) is 2.61. The minimum Gasteiger partial charge on any atom is -0.492 e. The molecule has 0 saturated carbocycles. The van der Waals surface area contributed by atoms with Gasteiger partial charge in [-0.15, -0.1) is 0 Å². The monoisotopic (exact) mass is 359 g/mol. The van der Waals surface area contributed by atoms with Gasteiger partial charge in [-0.3, -0.25) is 4.99 Å². The van der Waals surface area contributed by atoms with E-state index in [1.54, 1.807) is 20.0 Å². The summed E-state index contributed by atoms with van der Waals surface area (Å²) in [6.07, 6.45) is 0. The van der Waals surface area contributed by atoms with Crippen molar-refractivity contribution in [1.29, 1.82) is 0 Å². The first-order valence-electron chi connectivity index (χ1n) is 8.37. The van der Waals surface area contributed by atoms with Crippen molar-refractivity contribution >= 4 is 5.96 Å². The zero-order chi connectivity index (χ0) is 18.4. The fourth-order valence-electron chi connectivity index (χ4n) is 2.53. The van der Waals surface area contributed by atoms with Crippen LogP contribution in [0.5, 0.6) is 17.2 Å². The third-order valence-electron chi connectivity index (χ3n) is 3.91. The van der Waals surface area contributed by atoms with E-state index < -0.39 is 0 Å². The van der Waals surface area contributed by atoms with Crippen LogP contribution in [0.2, 0.25) is 0 Å². The lowest BCUT2D eigenvalue weighted by atomic mass is 10.1. The normalized spacial score (nSPS) is 12.8. The highest BCUT2D eigenvalue weighted by Gasteiger charge is 2.13. The highest BCUT2D eigenvalue weighted by molar-refractivity contribution is 5.79. The number of nitrogens with one attached hydrogen (secondary N) is 2. The van der Waals surface area contributed by atoms with E-state index in [0.29, 0.717) is 37.0 Å². The summed E-state index contributed by atoms with van der Waals surface area (Å²) in [4.78, 5) is 4.16. The Labute approximate surface area is 152 Å². The van der Waals surface area contributed by atoms with Crippen LogP contribution in [-0.4, -0.2) is 33.0 Å². The maximum Gasteiger partial charge on any atom is 0.231 e. The van der Waals surface area contributed by atoms with Crippen molar-refractivity contribution in [3.8, 4) is 17.2 Å². The molecule has 1 heterocycles. The number of guanidine groups is 1. The van der Waals surface area contributed by atoms with Crippen molar-refractivity contribution in [1.82, 2.24) is 10.6 Å². The van der Waals surface area contributed by atoms with Crippen LogP contribution in [0, 0.1) is 12.7 Å². The van der Waals surface area contributed by atoms with Gasteiger partial charge in [-0.1, -0.05) is 12.1 Å². The number of rotatable bonds is 6. The van der Waals surface area contributed by atoms with E-state index in [9.17, 15) is 4.39 Å². The number of ether oxygens (including phenoxy) is 3. The quantitative estimate of drug-likeness (QED) is 0.472. The van der Waals surface area contributed by atoms with Crippen molar-refractivity contribution < 1.29 is 18.6 Å². The molecule has 1 aliphatic heterocycles. The van der Waals surface area contributed by atoms with Crippen molar-refractivity contribution in [3.05, 3.63) is 53.3 Å². The fourth-order valence-corrected chi connectivity index (χ4v) is 2.53. The van der Waals surface area contributed by atoms with Crippen LogP contribution in [0.15, 0.2) is 41.4 Å². The molecule has 0 radical (unpaired) electrons. The molecule has 0 spiro atoms. The SMILES string of the molecule is CN=C(NCCOc1ccc2c(c1)OCO2)NCc1ccc(F)c(C)c1. The molecule has 0 unspecified atom stereocenters. The van der Waals surface area contributed by atoms with Crippen LogP contribution < -0.4 is 24.8 Å². The second-order valence-corrected chi connectivity index (χ2v) is 5.80. The summed E-state index contributed by atoms with van der Waals surface area (Å²) >= 11 is 0. The van der Waals surface area contributed by atoms with Gasteiger partial charge in [0, 0.05) is 19.7 Å². The van der Waals surface area contributed by atoms with Gasteiger partial charge in [0.2, 0.25) is 6.79 Å². The highest BCUT2D eigenvalue weighted by atomic mass is 19.1. The Kier molecular flexibility index (Phi) is 5.78. The van der Waals surface area contributed by atoms with Crippen LogP contribution in [0.1, 0.15) is 11.1 Å². The van der Waals surface area contributed by atoms with Gasteiger partial charge in [0.15, 0.2) is 17.5 Å². The van der Waals surface area contributed by atoms with E-state index in [-0.39, 0.29) is 12.6 Å². The van der Waals surface area contributed by atoms with Crippen LogP contribution in [0.3, 0.4) is 0 Å². The lowest BCUT2D eigenvalue weighted by molar-refractivity contribution is 0.173. The van der Waals surface area contributed by atoms with Gasteiger partial charge < -0.3 is 24.8 Å². The molecule has 0 amide bonds. The average Bonchev–Trinajstić information content (AvgIpc) is 3.11. The summed E-state index contributed by atoms with van der Waals surface area (Å²) in [5.41, 5.74) is 1.62. The van der Waals surface area contributed by atoms with Gasteiger partial charge in [-0.05, 0) is 36.2 Å². The first-order chi connectivity index (χ1) is 12.7. The van der Waals surface area contributed by atoms with Gasteiger partial charge in [-0.25, -0.2) is 4.39 Å². The van der Waals surface area contributed by atoms with Gasteiger partial charge in [0.05, 0.1) is 6.54 Å². The van der Waals surface area contributed by atoms with Crippen LogP contribution in [-0.2, 0) is 6.54 Å². The van der Waals surface area contributed by atoms with Crippen LogP contribution in [0.25, 0.3) is 0 Å². The average molecular weight is 359 g/mol. The molecule has 0 saturated heterocycles. The van der Waals surface area contributed by atoms with E-state index in [1.165, 1.54) is 6.07 Å². The van der Waals surface area contributed by atoms with Gasteiger partial charge in [-0.2, -0.15) is 0 Å². The molecule has 6 nitrogen and oxygen atoms in total. The summed E-state index contributed by atoms with van der Waals surface area (Å²) in [7, 11) is 1.70. The Morgan fingerprint density at radius 2 is 2.00 bits per heavy atom. The minimum atomic E-state index is -0.197. The number of fused-ring (bicyclic) bond motifs is 1. The van der Waals surface area contributed by atoms with E-state index >= 15 is 0 Å². The predicted molar refractivity (Wildman–Crippen MR) is 97.4 cm³/mol. The Bertz CT molecular complexity index is 796. The summed E-state index contributed by atoms with van der Waals surface area (Å²) in [5, 5.41) is 6.36. The van der Waals surface area contributed by atoms with Gasteiger partial charge >= 0.3 is 0 Å². The largest absolute Gasteiger partial charge is 0.492 e. The number of aliphatic imine (C=N–C) groups is 1. The number of nitrogens with zero attached hydrogens (tertiary/aromatic N) is 1. The number of halogens is 1. The first kappa shape index (κ1) is 17.8. The molecule has 0 aliphatic carbocycles. The molecule has 0 fully saturated rings. The van der Waals surface area contributed by atoms with E-state index in [4.69, 9.17) is 14.2 Å². The highest BCUT2D eigenvalue weighted by Crippen LogP contribution is 2.34. The third kappa shape index (κ3) is 4.56. The van der Waals surface area contributed by atoms with Gasteiger partial charge in [0.1, 0.15) is 18.2 Å². The molecule has 26 heavy (non-hydrogen) atoms. The second kappa shape index (κ2) is 8.42. The molecule has 2 aromatic carbocycles. The summed E-state index contributed by atoms with van der Waals surface area (Å²) in [6.45, 7) is 3.60. The Morgan fingerprint density at radius 3 is 2.81 bits per heavy atom. The number of benzene rings is 2. The van der Waals surface area contributed by atoms with Crippen LogP contribution in [0.4, 0.5) is 4.39 Å². The molecule has 7 heteroatoms. The first-order valence-corrected chi connectivity index (χ1v) is 8.37. The molecule has 2 N–H and O–H groups in total. The standard InChI is InChI=1S/C19H22FN3O3/c1-13-9-14(3-5-16(13)20)11-23-19(21-2)22-7-8-24-15-4-6-17-18(10-15)26-12-25-17/h3-6,9-10H,7-8,11-12H2,1-2H3,(H2,21,22,23). The molecule has 0 bridgehead atoms. The molecule has 1 aliphatic rings. The van der Waals surface area contributed by atoms with Crippen molar-refractivity contribution in [2.75, 3.05) is 27.0 Å². The molecule has 3 rings (SSSR count). The third-order valence-corrected chi connectivity index (χ3v) is 3.91. The summed E-state index contributed by atoms with van der Waals surface area (Å²) in [6, 6.07) is 10.5. The molecule has 0 aromatic heterocycles. The zero-order valence-electron chi connectivity index (χ0n) is 14.8. The lowest BCUT2D eigenvalue weighted by Crippen LogP contribution is -2.38. The number of aryl methyl sites for hydroxylation is 1. The zero-order valence-corrected chi connectivity index (χ0v) is 14.8. The second-order valence-electron chi connectivity index (χ2n) is 5.80. The van der Waals surface area contributed by atoms with E-state index in [2.05, 4.69) is 15.6 Å². The molecular weight excluding hydrogens is 337 g/mol. The van der Waals surface area contributed by atoms with Crippen molar-refractivity contribution in [3.63, 3.8) is 0 Å². The molecule has 2 aromatic rings.